The van der Waals surface area contributed by atoms with Crippen LogP contribution in [0, 0.1) is 0 Å². The van der Waals surface area contributed by atoms with Crippen LogP contribution < -0.4 is 5.46 Å². The quantitative estimate of drug-likeness (QED) is 0.330. The minimum Gasteiger partial charge on any atom is -0.423 e. The minimum atomic E-state index is -1.46. The fraction of sp³-hybridized carbons (Fsp3) is 0.0968. The van der Waals surface area contributed by atoms with Crippen LogP contribution >= 0.6 is 0 Å². The minimum absolute atomic E-state index is 0.214. The molecule has 5 aromatic rings. The molecule has 3 heteroatoms. The lowest BCUT2D eigenvalue weighted by Crippen LogP contribution is -2.31. The summed E-state index contributed by atoms with van der Waals surface area (Å²) in [7, 11) is -1.46. The molecule has 2 nitrogen and oxygen atoms in total. The second-order valence-corrected chi connectivity index (χ2v) is 9.67. The van der Waals surface area contributed by atoms with Gasteiger partial charge in [0.2, 0.25) is 0 Å². The van der Waals surface area contributed by atoms with Crippen LogP contribution in [0.5, 0.6) is 0 Å². The highest BCUT2D eigenvalue weighted by Gasteiger charge is 2.36. The maximum Gasteiger partial charge on any atom is 0.488 e. The van der Waals surface area contributed by atoms with Crippen molar-refractivity contribution in [2.24, 2.45) is 0 Å². The van der Waals surface area contributed by atoms with Crippen molar-refractivity contribution in [3.8, 4) is 33.4 Å². The summed E-state index contributed by atoms with van der Waals surface area (Å²) < 4.78 is 0. The number of hydrogen-bond acceptors (Lipinski definition) is 2. The van der Waals surface area contributed by atoms with Gasteiger partial charge in [-0.1, -0.05) is 111 Å². The number of benzene rings is 5. The predicted molar refractivity (Wildman–Crippen MR) is 142 cm³/mol. The van der Waals surface area contributed by atoms with E-state index >= 15 is 0 Å². The molecule has 2 N–H and O–H groups in total. The highest BCUT2D eigenvalue weighted by Crippen LogP contribution is 2.49. The summed E-state index contributed by atoms with van der Waals surface area (Å²) in [6.07, 6.45) is 0. The Hall–Kier alpha value is -3.66. The van der Waals surface area contributed by atoms with Crippen molar-refractivity contribution in [3.63, 3.8) is 0 Å². The van der Waals surface area contributed by atoms with Crippen LogP contribution in [0.4, 0.5) is 0 Å². The Morgan fingerprint density at radius 2 is 1.18 bits per heavy atom. The fourth-order valence-corrected chi connectivity index (χ4v) is 5.41. The topological polar surface area (TPSA) is 40.5 Å². The molecular weight excluding hydrogens is 415 g/mol. The summed E-state index contributed by atoms with van der Waals surface area (Å²) >= 11 is 0. The molecule has 34 heavy (non-hydrogen) atoms. The molecule has 5 aromatic carbocycles. The van der Waals surface area contributed by atoms with E-state index in [2.05, 4.69) is 98.8 Å². The Balaban J connectivity index is 1.39. The summed E-state index contributed by atoms with van der Waals surface area (Å²) in [5.41, 5.74) is 9.94. The standard InChI is InChI=1S/C31H25BO2/c1-31(2)29-18-23(14-16-27(29)28-17-15-24(32(33)34)19-30(28)31)20-10-12-22(13-11-20)26-9-5-7-21-6-3-4-8-25(21)26/h3-19,33-34H,1-2H3. The van der Waals surface area contributed by atoms with E-state index in [-0.39, 0.29) is 5.41 Å². The maximum absolute atomic E-state index is 9.65. The van der Waals surface area contributed by atoms with E-state index in [1.165, 1.54) is 49.7 Å². The first-order chi connectivity index (χ1) is 16.4. The van der Waals surface area contributed by atoms with Crippen molar-refractivity contribution in [2.75, 3.05) is 0 Å². The first-order valence-electron chi connectivity index (χ1n) is 11.7. The van der Waals surface area contributed by atoms with E-state index < -0.39 is 7.12 Å². The molecule has 0 spiro atoms. The molecule has 164 valence electrons. The molecule has 0 saturated carbocycles. The molecule has 0 aromatic heterocycles. The van der Waals surface area contributed by atoms with Crippen molar-refractivity contribution in [3.05, 3.63) is 114 Å². The third kappa shape index (κ3) is 3.20. The Bertz CT molecular complexity index is 1540. The third-order valence-corrected chi connectivity index (χ3v) is 7.32. The van der Waals surface area contributed by atoms with Crippen molar-refractivity contribution in [1.29, 1.82) is 0 Å². The Morgan fingerprint density at radius 1 is 0.559 bits per heavy atom. The molecule has 1 aliphatic rings. The molecule has 0 unspecified atom stereocenters. The van der Waals surface area contributed by atoms with E-state index in [1.807, 2.05) is 12.1 Å². The highest BCUT2D eigenvalue weighted by molar-refractivity contribution is 6.58. The lowest BCUT2D eigenvalue weighted by Gasteiger charge is -2.22. The van der Waals surface area contributed by atoms with Crippen molar-refractivity contribution >= 4 is 23.4 Å². The number of rotatable bonds is 3. The van der Waals surface area contributed by atoms with Crippen LogP contribution in [0.15, 0.2) is 103 Å². The maximum atomic E-state index is 9.65. The molecule has 0 bridgehead atoms. The van der Waals surface area contributed by atoms with Gasteiger partial charge in [-0.05, 0) is 66.8 Å². The summed E-state index contributed by atoms with van der Waals surface area (Å²) in [6.45, 7) is 4.41. The molecule has 6 rings (SSSR count). The van der Waals surface area contributed by atoms with Gasteiger partial charge in [0, 0.05) is 5.41 Å². The normalized spacial score (nSPS) is 13.5. The van der Waals surface area contributed by atoms with Gasteiger partial charge >= 0.3 is 7.12 Å². The summed E-state index contributed by atoms with van der Waals surface area (Å²) in [4.78, 5) is 0. The Morgan fingerprint density at radius 3 is 1.94 bits per heavy atom. The third-order valence-electron chi connectivity index (χ3n) is 7.32. The lowest BCUT2D eigenvalue weighted by molar-refractivity contribution is 0.425. The zero-order chi connectivity index (χ0) is 23.4. The van der Waals surface area contributed by atoms with Crippen molar-refractivity contribution in [1.82, 2.24) is 0 Å². The molecule has 0 radical (unpaired) electrons. The largest absolute Gasteiger partial charge is 0.488 e. The van der Waals surface area contributed by atoms with Gasteiger partial charge in [0.05, 0.1) is 0 Å². The predicted octanol–water partition coefficient (Wildman–Crippen LogP) is 6.16. The van der Waals surface area contributed by atoms with E-state index in [0.717, 1.165) is 5.56 Å². The van der Waals surface area contributed by atoms with E-state index in [0.29, 0.717) is 5.46 Å². The fourth-order valence-electron chi connectivity index (χ4n) is 5.41. The Labute approximate surface area is 200 Å². The first kappa shape index (κ1) is 20.9. The van der Waals surface area contributed by atoms with Gasteiger partial charge in [-0.3, -0.25) is 0 Å². The highest BCUT2D eigenvalue weighted by atomic mass is 16.4. The lowest BCUT2D eigenvalue weighted by atomic mass is 9.75. The van der Waals surface area contributed by atoms with Gasteiger partial charge in [-0.15, -0.1) is 0 Å². The zero-order valence-corrected chi connectivity index (χ0v) is 19.3. The van der Waals surface area contributed by atoms with Crippen LogP contribution in [-0.4, -0.2) is 17.2 Å². The SMILES string of the molecule is CC1(C)c2cc(B(O)O)ccc2-c2ccc(-c3ccc(-c4cccc5ccccc45)cc3)cc21. The second-order valence-electron chi connectivity index (χ2n) is 9.67. The van der Waals surface area contributed by atoms with Crippen molar-refractivity contribution in [2.45, 2.75) is 19.3 Å². The van der Waals surface area contributed by atoms with Crippen LogP contribution in [0.2, 0.25) is 0 Å². The molecule has 0 amide bonds. The monoisotopic (exact) mass is 440 g/mol. The van der Waals surface area contributed by atoms with Gasteiger partial charge in [0.25, 0.3) is 0 Å². The summed E-state index contributed by atoms with van der Waals surface area (Å²) in [5, 5.41) is 21.8. The summed E-state index contributed by atoms with van der Waals surface area (Å²) in [6, 6.07) is 36.2. The molecule has 0 aliphatic heterocycles. The van der Waals surface area contributed by atoms with Gasteiger partial charge < -0.3 is 10.0 Å². The summed E-state index contributed by atoms with van der Waals surface area (Å²) in [5.74, 6) is 0. The van der Waals surface area contributed by atoms with E-state index in [9.17, 15) is 10.0 Å². The van der Waals surface area contributed by atoms with E-state index in [1.54, 1.807) is 6.07 Å². The van der Waals surface area contributed by atoms with Crippen LogP contribution in [0.3, 0.4) is 0 Å². The smallest absolute Gasteiger partial charge is 0.423 e. The molecule has 0 heterocycles. The second kappa shape index (κ2) is 7.70. The number of hydrogen-bond donors (Lipinski definition) is 2. The Kier molecular flexibility index (Phi) is 4.74. The van der Waals surface area contributed by atoms with Gasteiger partial charge in [-0.25, -0.2) is 0 Å². The van der Waals surface area contributed by atoms with Crippen LogP contribution in [0.1, 0.15) is 25.0 Å². The molecular formula is C31H25BO2. The molecule has 0 atom stereocenters. The average Bonchev–Trinajstić information content (AvgIpc) is 3.09. The van der Waals surface area contributed by atoms with E-state index in [4.69, 9.17) is 0 Å². The molecule has 0 fully saturated rings. The number of fused-ring (bicyclic) bond motifs is 4. The van der Waals surface area contributed by atoms with Crippen LogP contribution in [0.25, 0.3) is 44.2 Å². The van der Waals surface area contributed by atoms with Crippen molar-refractivity contribution < 1.29 is 10.0 Å². The van der Waals surface area contributed by atoms with Crippen LogP contribution in [-0.2, 0) is 5.41 Å². The molecule has 0 saturated heterocycles. The van der Waals surface area contributed by atoms with Gasteiger partial charge in [0.15, 0.2) is 0 Å². The first-order valence-corrected chi connectivity index (χ1v) is 11.7. The molecule has 1 aliphatic carbocycles. The zero-order valence-electron chi connectivity index (χ0n) is 19.3. The van der Waals surface area contributed by atoms with Gasteiger partial charge in [-0.2, -0.15) is 0 Å². The van der Waals surface area contributed by atoms with Gasteiger partial charge in [0.1, 0.15) is 0 Å². The average molecular weight is 440 g/mol.